The van der Waals surface area contributed by atoms with Crippen LogP contribution in [0.2, 0.25) is 0 Å². The number of likely N-dealkylation sites (tertiary alicyclic amines) is 1. The number of carboxylic acids is 1. The first-order valence-electron chi connectivity index (χ1n) is 14.7. The Labute approximate surface area is 249 Å². The summed E-state index contributed by atoms with van der Waals surface area (Å²) in [7, 11) is 1.63. The summed E-state index contributed by atoms with van der Waals surface area (Å²) < 4.78 is 20.3. The van der Waals surface area contributed by atoms with Gasteiger partial charge in [-0.05, 0) is 60.7 Å². The number of aromatic amines is 1. The molecule has 0 saturated carbocycles. The van der Waals surface area contributed by atoms with E-state index >= 15 is 0 Å². The second kappa shape index (κ2) is 11.8. The van der Waals surface area contributed by atoms with Crippen molar-refractivity contribution in [3.63, 3.8) is 0 Å². The fraction of sp³-hybridized carbons (Fsp3) is 0.353. The van der Waals surface area contributed by atoms with E-state index in [0.717, 1.165) is 33.5 Å². The minimum atomic E-state index is -0.867. The number of aliphatic hydroxyl groups is 1. The van der Waals surface area contributed by atoms with Crippen LogP contribution >= 0.6 is 0 Å². The number of benzene rings is 3. The first-order valence-corrected chi connectivity index (χ1v) is 14.7. The maximum atomic E-state index is 14.8. The third kappa shape index (κ3) is 5.50. The van der Waals surface area contributed by atoms with E-state index in [1.54, 1.807) is 37.4 Å². The number of piperidine rings is 1. The Morgan fingerprint density at radius 1 is 1.07 bits per heavy atom. The molecule has 1 spiro atoms. The summed E-state index contributed by atoms with van der Waals surface area (Å²) in [5.41, 5.74) is 4.66. The summed E-state index contributed by atoms with van der Waals surface area (Å²) >= 11 is 0. The molecule has 224 valence electrons. The molecule has 3 N–H and O–H groups in total. The summed E-state index contributed by atoms with van der Waals surface area (Å²) in [5, 5.41) is 20.8. The molecule has 9 heteroatoms. The van der Waals surface area contributed by atoms with E-state index in [1.165, 1.54) is 6.07 Å². The number of fused-ring (bicyclic) bond motifs is 4. The molecule has 1 aromatic heterocycles. The standard InChI is InChI=1S/C34H36FN3O5/c1-43-25-10-11-26-28(18-25)36-32-29(20-39)38(19-24-6-2-3-8-27(24)35)21-34(31(26)32)13-15-37(16-14-34)33(42)23-7-4-5-22(17-23)9-12-30(40)41/h2-8,10-11,17-18,29,36,39H,9,12-16,19-21H2,1H3,(H,40,41). The van der Waals surface area contributed by atoms with Crippen LogP contribution in [0.3, 0.4) is 0 Å². The molecule has 3 aromatic carbocycles. The number of H-pyrrole nitrogens is 1. The van der Waals surface area contributed by atoms with Gasteiger partial charge in [0.05, 0.1) is 19.8 Å². The molecule has 0 aliphatic carbocycles. The van der Waals surface area contributed by atoms with Gasteiger partial charge in [-0.15, -0.1) is 0 Å². The van der Waals surface area contributed by atoms with Gasteiger partial charge in [-0.2, -0.15) is 0 Å². The van der Waals surface area contributed by atoms with E-state index in [9.17, 15) is 19.1 Å². The lowest BCUT2D eigenvalue weighted by molar-refractivity contribution is -0.136. The Morgan fingerprint density at radius 3 is 2.58 bits per heavy atom. The van der Waals surface area contributed by atoms with Crippen molar-refractivity contribution in [2.24, 2.45) is 0 Å². The van der Waals surface area contributed by atoms with Crippen LogP contribution in [0.1, 0.15) is 58.0 Å². The summed E-state index contributed by atoms with van der Waals surface area (Å²) in [6, 6.07) is 19.6. The molecule has 6 rings (SSSR count). The monoisotopic (exact) mass is 585 g/mol. The minimum Gasteiger partial charge on any atom is -0.497 e. The molecule has 0 radical (unpaired) electrons. The zero-order valence-electron chi connectivity index (χ0n) is 24.2. The number of aromatic nitrogens is 1. The SMILES string of the molecule is COc1ccc2c3c([nH]c2c1)C(CO)N(Cc1ccccc1F)CC31CCN(C(=O)c2cccc(CCC(=O)O)c2)CC1. The van der Waals surface area contributed by atoms with E-state index in [1.807, 2.05) is 29.2 Å². The molecule has 3 heterocycles. The van der Waals surface area contributed by atoms with Gasteiger partial charge >= 0.3 is 5.97 Å². The number of halogens is 1. The summed E-state index contributed by atoms with van der Waals surface area (Å²) in [6.07, 6.45) is 1.79. The minimum absolute atomic E-state index is 0.0148. The number of aryl methyl sites for hydroxylation is 1. The number of nitrogens with one attached hydrogen (secondary N) is 1. The van der Waals surface area contributed by atoms with Gasteiger partial charge in [0, 0.05) is 71.8 Å². The topological polar surface area (TPSA) is 106 Å². The fourth-order valence-corrected chi connectivity index (χ4v) is 6.96. The third-order valence-electron chi connectivity index (χ3n) is 9.16. The van der Waals surface area contributed by atoms with Crippen molar-refractivity contribution in [1.29, 1.82) is 0 Å². The Kier molecular flexibility index (Phi) is 7.94. The molecular formula is C34H36FN3O5. The second-order valence-electron chi connectivity index (χ2n) is 11.7. The Hall–Kier alpha value is -4.21. The number of nitrogens with zero attached hydrogens (tertiary/aromatic N) is 2. The molecule has 2 aliphatic heterocycles. The lowest BCUT2D eigenvalue weighted by Gasteiger charge is -2.50. The maximum Gasteiger partial charge on any atom is 0.303 e. The van der Waals surface area contributed by atoms with Crippen molar-refractivity contribution >= 4 is 22.8 Å². The van der Waals surface area contributed by atoms with Crippen molar-refractivity contribution in [3.05, 3.63) is 100 Å². The van der Waals surface area contributed by atoms with Gasteiger partial charge in [-0.1, -0.05) is 30.3 Å². The second-order valence-corrected chi connectivity index (χ2v) is 11.7. The number of methoxy groups -OCH3 is 1. The third-order valence-corrected chi connectivity index (χ3v) is 9.16. The van der Waals surface area contributed by atoms with Crippen LogP contribution in [-0.4, -0.2) is 70.2 Å². The zero-order chi connectivity index (χ0) is 30.1. The average molecular weight is 586 g/mol. The van der Waals surface area contributed by atoms with E-state index < -0.39 is 5.97 Å². The van der Waals surface area contributed by atoms with Crippen molar-refractivity contribution in [1.82, 2.24) is 14.8 Å². The molecule has 4 aromatic rings. The van der Waals surface area contributed by atoms with E-state index in [0.29, 0.717) is 56.6 Å². The van der Waals surface area contributed by atoms with Gasteiger partial charge in [-0.3, -0.25) is 14.5 Å². The molecule has 1 saturated heterocycles. The van der Waals surface area contributed by atoms with Crippen molar-refractivity contribution in [2.45, 2.75) is 43.7 Å². The molecule has 1 fully saturated rings. The van der Waals surface area contributed by atoms with Gasteiger partial charge in [0.15, 0.2) is 0 Å². The largest absolute Gasteiger partial charge is 0.497 e. The molecule has 1 amide bonds. The number of aliphatic carboxylic acids is 1. The number of hydrogen-bond acceptors (Lipinski definition) is 5. The smallest absolute Gasteiger partial charge is 0.303 e. The van der Waals surface area contributed by atoms with E-state index in [-0.39, 0.29) is 36.2 Å². The van der Waals surface area contributed by atoms with Crippen LogP contribution in [0, 0.1) is 5.82 Å². The molecule has 8 nitrogen and oxygen atoms in total. The molecule has 2 aliphatic rings. The molecule has 43 heavy (non-hydrogen) atoms. The van der Waals surface area contributed by atoms with Gasteiger partial charge in [0.25, 0.3) is 5.91 Å². The first-order chi connectivity index (χ1) is 20.8. The predicted molar refractivity (Wildman–Crippen MR) is 161 cm³/mol. The van der Waals surface area contributed by atoms with Crippen LogP contribution < -0.4 is 4.74 Å². The van der Waals surface area contributed by atoms with E-state index in [4.69, 9.17) is 9.84 Å². The van der Waals surface area contributed by atoms with Gasteiger partial charge < -0.3 is 24.8 Å². The molecule has 1 unspecified atom stereocenters. The zero-order valence-corrected chi connectivity index (χ0v) is 24.2. The van der Waals surface area contributed by atoms with Crippen molar-refractivity contribution in [3.8, 4) is 5.75 Å². The number of ether oxygens (including phenoxy) is 1. The summed E-state index contributed by atoms with van der Waals surface area (Å²) in [6.45, 7) is 1.93. The number of aliphatic hydroxyl groups excluding tert-OH is 1. The molecular weight excluding hydrogens is 549 g/mol. The van der Waals surface area contributed by atoms with Crippen LogP contribution in [0.25, 0.3) is 10.9 Å². The predicted octanol–water partition coefficient (Wildman–Crippen LogP) is 5.06. The fourth-order valence-electron chi connectivity index (χ4n) is 6.96. The summed E-state index contributed by atoms with van der Waals surface area (Å²) in [4.78, 5) is 32.2. The summed E-state index contributed by atoms with van der Waals surface area (Å²) in [5.74, 6) is -0.474. The van der Waals surface area contributed by atoms with Crippen LogP contribution in [0.15, 0.2) is 66.7 Å². The van der Waals surface area contributed by atoms with Gasteiger partial charge in [0.2, 0.25) is 0 Å². The van der Waals surface area contributed by atoms with Gasteiger partial charge in [0.1, 0.15) is 11.6 Å². The number of rotatable bonds is 8. The van der Waals surface area contributed by atoms with Crippen molar-refractivity contribution in [2.75, 3.05) is 33.4 Å². The highest BCUT2D eigenvalue weighted by atomic mass is 19.1. The average Bonchev–Trinajstić information content (AvgIpc) is 3.41. The normalized spacial score (nSPS) is 18.1. The Bertz CT molecular complexity index is 1660. The number of carbonyl (C=O) groups excluding carboxylic acids is 1. The van der Waals surface area contributed by atoms with Crippen molar-refractivity contribution < 1.29 is 28.9 Å². The molecule has 1 atom stereocenters. The van der Waals surface area contributed by atoms with Crippen LogP contribution in [0.5, 0.6) is 5.75 Å². The highest BCUT2D eigenvalue weighted by molar-refractivity contribution is 5.94. The number of carbonyl (C=O) groups is 2. The maximum absolute atomic E-state index is 14.8. The lowest BCUT2D eigenvalue weighted by Crippen LogP contribution is -2.54. The Morgan fingerprint density at radius 2 is 1.86 bits per heavy atom. The van der Waals surface area contributed by atoms with Crippen LogP contribution in [-0.2, 0) is 23.2 Å². The highest BCUT2D eigenvalue weighted by Gasteiger charge is 2.48. The van der Waals surface area contributed by atoms with Crippen LogP contribution in [0.4, 0.5) is 4.39 Å². The number of amides is 1. The lowest BCUT2D eigenvalue weighted by atomic mass is 9.68. The quantitative estimate of drug-likeness (QED) is 0.267. The number of carboxylic acid groups (broad SMARTS) is 1. The Balaban J connectivity index is 1.32. The van der Waals surface area contributed by atoms with E-state index in [2.05, 4.69) is 16.0 Å². The van der Waals surface area contributed by atoms with Gasteiger partial charge in [-0.25, -0.2) is 4.39 Å². The number of hydrogen-bond donors (Lipinski definition) is 3. The highest BCUT2D eigenvalue weighted by Crippen LogP contribution is 2.49. The first kappa shape index (κ1) is 28.9. The molecule has 0 bridgehead atoms.